The zero-order chi connectivity index (χ0) is 14.5. The molecule has 2 rings (SSSR count). The molecule has 0 aromatic heterocycles. The average molecular weight is 277 g/mol. The van der Waals surface area contributed by atoms with Gasteiger partial charge in [0.1, 0.15) is 6.04 Å². The van der Waals surface area contributed by atoms with Gasteiger partial charge in [-0.3, -0.25) is 9.59 Å². The van der Waals surface area contributed by atoms with Gasteiger partial charge in [-0.1, -0.05) is 19.8 Å². The second-order valence-electron chi connectivity index (χ2n) is 5.99. The number of nitrogens with zero attached hydrogens (tertiary/aromatic N) is 1. The number of rotatable bonds is 7. The number of hydrogen-bond donors (Lipinski definition) is 2. The highest BCUT2D eigenvalue weighted by atomic mass is 16.2. The predicted molar refractivity (Wildman–Crippen MR) is 74.4 cm³/mol. The maximum atomic E-state index is 12.2. The highest BCUT2D eigenvalue weighted by Crippen LogP contribution is 2.36. The summed E-state index contributed by atoms with van der Waals surface area (Å²) in [6.45, 7) is 2.69. The van der Waals surface area contributed by atoms with E-state index in [1.165, 1.54) is 12.8 Å². The number of carbonyl (C=O) groups is 2. The van der Waals surface area contributed by atoms with Crippen molar-refractivity contribution in [3.63, 3.8) is 0 Å². The summed E-state index contributed by atoms with van der Waals surface area (Å²) in [5.74, 6) is 0.555. The first-order chi connectivity index (χ1) is 9.63. The topological polar surface area (TPSA) is 82.0 Å². The Morgan fingerprint density at radius 3 is 2.70 bits per heavy atom. The van der Waals surface area contributed by atoms with Crippen molar-refractivity contribution in [2.45, 2.75) is 51.5 Å². The first-order valence-electron chi connectivity index (χ1n) is 7.61. The molecule has 20 heavy (non-hydrogen) atoms. The van der Waals surface area contributed by atoms with Crippen LogP contribution in [0.15, 0.2) is 0 Å². The second-order valence-corrected chi connectivity index (χ2v) is 5.99. The van der Waals surface area contributed by atoms with Crippen molar-refractivity contribution in [1.82, 2.24) is 10.6 Å². The Morgan fingerprint density at radius 2 is 2.20 bits per heavy atom. The van der Waals surface area contributed by atoms with Gasteiger partial charge in [0.2, 0.25) is 11.8 Å². The molecule has 1 heterocycles. The van der Waals surface area contributed by atoms with Gasteiger partial charge in [-0.2, -0.15) is 5.26 Å². The molecule has 0 radical (unpaired) electrons. The van der Waals surface area contributed by atoms with Crippen LogP contribution in [0, 0.1) is 29.1 Å². The molecule has 2 aliphatic rings. The largest absolute Gasteiger partial charge is 0.356 e. The van der Waals surface area contributed by atoms with Crippen LogP contribution in [0.1, 0.15) is 45.4 Å². The van der Waals surface area contributed by atoms with Crippen molar-refractivity contribution in [3.05, 3.63) is 0 Å². The van der Waals surface area contributed by atoms with E-state index in [2.05, 4.69) is 16.7 Å². The molecule has 0 spiro atoms. The van der Waals surface area contributed by atoms with Crippen LogP contribution in [0.25, 0.3) is 0 Å². The van der Waals surface area contributed by atoms with Gasteiger partial charge in [-0.15, -0.1) is 0 Å². The van der Waals surface area contributed by atoms with E-state index < -0.39 is 6.04 Å². The number of amides is 2. The number of nitriles is 1. The monoisotopic (exact) mass is 277 g/mol. The maximum Gasteiger partial charge on any atom is 0.224 e. The molecule has 5 heteroatoms. The van der Waals surface area contributed by atoms with Gasteiger partial charge in [-0.25, -0.2) is 0 Å². The molecule has 5 nitrogen and oxygen atoms in total. The van der Waals surface area contributed by atoms with Crippen molar-refractivity contribution in [2.75, 3.05) is 6.54 Å². The highest BCUT2D eigenvalue weighted by Gasteiger charge is 2.31. The number of hydrogen-bond acceptors (Lipinski definition) is 3. The summed E-state index contributed by atoms with van der Waals surface area (Å²) in [6.07, 6.45) is 5.39. The molecular weight excluding hydrogens is 254 g/mol. The van der Waals surface area contributed by atoms with Crippen LogP contribution in [-0.4, -0.2) is 24.4 Å². The van der Waals surface area contributed by atoms with Gasteiger partial charge in [0.05, 0.1) is 6.07 Å². The summed E-state index contributed by atoms with van der Waals surface area (Å²) in [7, 11) is 0. The Hall–Kier alpha value is -1.57. The lowest BCUT2D eigenvalue weighted by molar-refractivity contribution is -0.127. The van der Waals surface area contributed by atoms with Crippen LogP contribution >= 0.6 is 0 Å². The summed E-state index contributed by atoms with van der Waals surface area (Å²) in [6, 6.07) is 1.57. The van der Waals surface area contributed by atoms with E-state index in [1.807, 2.05) is 6.92 Å². The van der Waals surface area contributed by atoms with Gasteiger partial charge >= 0.3 is 0 Å². The summed E-state index contributed by atoms with van der Waals surface area (Å²) < 4.78 is 0. The first-order valence-corrected chi connectivity index (χ1v) is 7.61. The van der Waals surface area contributed by atoms with Crippen molar-refractivity contribution >= 4 is 11.8 Å². The lowest BCUT2D eigenvalue weighted by Crippen LogP contribution is -2.40. The third-order valence-electron chi connectivity index (χ3n) is 4.33. The standard InChI is InChI=1S/C15H23N3O2/c1-2-11(7-10-3-4-10)15(20)18-13(9-16)8-12-5-6-17-14(12)19/h10-13H,2-8H2,1H3,(H,17,19)(H,18,20)/t11?,12-,13-/m0/s1. The van der Waals surface area contributed by atoms with Gasteiger partial charge < -0.3 is 10.6 Å². The number of nitrogens with one attached hydrogen (secondary N) is 2. The molecule has 1 saturated carbocycles. The van der Waals surface area contributed by atoms with E-state index in [4.69, 9.17) is 0 Å². The molecule has 110 valence electrons. The normalized spacial score (nSPS) is 24.6. The molecule has 0 aromatic carbocycles. The van der Waals surface area contributed by atoms with E-state index in [0.29, 0.717) is 18.9 Å². The van der Waals surface area contributed by atoms with E-state index in [1.54, 1.807) is 0 Å². The molecule has 2 amide bonds. The van der Waals surface area contributed by atoms with Crippen LogP contribution in [0.5, 0.6) is 0 Å². The Bertz CT molecular complexity index is 412. The minimum atomic E-state index is -0.551. The second kappa shape index (κ2) is 6.74. The molecule has 2 fully saturated rings. The minimum Gasteiger partial charge on any atom is -0.356 e. The Kier molecular flexibility index (Phi) is 4.99. The lowest BCUT2D eigenvalue weighted by atomic mass is 9.96. The van der Waals surface area contributed by atoms with Gasteiger partial charge in [0, 0.05) is 18.4 Å². The van der Waals surface area contributed by atoms with Crippen LogP contribution in [0.3, 0.4) is 0 Å². The quantitative estimate of drug-likeness (QED) is 0.737. The molecule has 1 aliphatic carbocycles. The average Bonchev–Trinajstić information content (AvgIpc) is 3.18. The van der Waals surface area contributed by atoms with Crippen molar-refractivity contribution in [3.8, 4) is 6.07 Å². The van der Waals surface area contributed by atoms with Gasteiger partial charge in [0.25, 0.3) is 0 Å². The van der Waals surface area contributed by atoms with E-state index >= 15 is 0 Å². The molecule has 0 bridgehead atoms. The SMILES string of the molecule is CCC(CC1CC1)C(=O)N[C@H](C#N)C[C@@H]1CCNC1=O. The van der Waals surface area contributed by atoms with Crippen molar-refractivity contribution < 1.29 is 9.59 Å². The fraction of sp³-hybridized carbons (Fsp3) is 0.800. The minimum absolute atomic E-state index is 0.00419. The third-order valence-corrected chi connectivity index (χ3v) is 4.33. The van der Waals surface area contributed by atoms with Crippen LogP contribution in [0.4, 0.5) is 0 Å². The molecule has 1 unspecified atom stereocenters. The zero-order valence-corrected chi connectivity index (χ0v) is 12.0. The third kappa shape index (κ3) is 3.96. The van der Waals surface area contributed by atoms with Gasteiger partial charge in [-0.05, 0) is 31.6 Å². The fourth-order valence-electron chi connectivity index (χ4n) is 2.80. The molecule has 0 aromatic rings. The summed E-state index contributed by atoms with van der Waals surface area (Å²) in [4.78, 5) is 23.7. The molecule has 2 N–H and O–H groups in total. The summed E-state index contributed by atoms with van der Waals surface area (Å²) >= 11 is 0. The lowest BCUT2D eigenvalue weighted by Gasteiger charge is -2.19. The zero-order valence-electron chi connectivity index (χ0n) is 12.0. The Morgan fingerprint density at radius 1 is 1.45 bits per heavy atom. The van der Waals surface area contributed by atoms with Gasteiger partial charge in [0.15, 0.2) is 0 Å². The van der Waals surface area contributed by atoms with E-state index in [0.717, 1.165) is 19.3 Å². The molecular formula is C15H23N3O2. The first kappa shape index (κ1) is 14.8. The highest BCUT2D eigenvalue weighted by molar-refractivity contribution is 5.81. The summed E-state index contributed by atoms with van der Waals surface area (Å²) in [5.41, 5.74) is 0. The van der Waals surface area contributed by atoms with Crippen molar-refractivity contribution in [2.24, 2.45) is 17.8 Å². The van der Waals surface area contributed by atoms with Crippen LogP contribution in [0.2, 0.25) is 0 Å². The molecule has 1 saturated heterocycles. The smallest absolute Gasteiger partial charge is 0.224 e. The van der Waals surface area contributed by atoms with Crippen LogP contribution in [-0.2, 0) is 9.59 Å². The fourth-order valence-corrected chi connectivity index (χ4v) is 2.80. The van der Waals surface area contributed by atoms with Crippen LogP contribution < -0.4 is 10.6 Å². The predicted octanol–water partition coefficient (Wildman–Crippen LogP) is 1.35. The van der Waals surface area contributed by atoms with Crippen molar-refractivity contribution in [1.29, 1.82) is 5.26 Å². The van der Waals surface area contributed by atoms with E-state index in [9.17, 15) is 14.9 Å². The van der Waals surface area contributed by atoms with E-state index in [-0.39, 0.29) is 23.7 Å². The molecule has 3 atom stereocenters. The maximum absolute atomic E-state index is 12.2. The Balaban J connectivity index is 1.83. The number of carbonyl (C=O) groups excluding carboxylic acids is 2. The molecule has 1 aliphatic heterocycles. The summed E-state index contributed by atoms with van der Waals surface area (Å²) in [5, 5.41) is 14.8. The Labute approximate surface area is 120 Å².